The highest BCUT2D eigenvalue weighted by Gasteiger charge is 2.07. The molecule has 0 unspecified atom stereocenters. The van der Waals surface area contributed by atoms with E-state index in [-0.39, 0.29) is 0 Å². The van der Waals surface area contributed by atoms with Gasteiger partial charge in [0.1, 0.15) is 6.54 Å². The Hall–Kier alpha value is -2.30. The third kappa shape index (κ3) is 6.07. The van der Waals surface area contributed by atoms with Crippen LogP contribution < -0.4 is 10.6 Å². The Kier molecular flexibility index (Phi) is 7.33. The highest BCUT2D eigenvalue weighted by atomic mass is 16.5. The first kappa shape index (κ1) is 18.0. The normalized spacial score (nSPS) is 11.8. The van der Waals surface area contributed by atoms with Crippen LogP contribution in [0.1, 0.15) is 50.1 Å². The lowest BCUT2D eigenvalue weighted by Gasteiger charge is -2.10. The second-order valence-electron chi connectivity index (χ2n) is 6.08. The quantitative estimate of drug-likeness (QED) is 0.442. The van der Waals surface area contributed by atoms with Crippen LogP contribution in [0.2, 0.25) is 0 Å². The number of aliphatic imine (C=N–C) groups is 1. The standard InChI is InChI=1S/C19H28N4O/c1-4-20-19(21-12-8-11-16-9-6-5-7-10-16)22-14-17-13-18(15(2)3)23-24-17/h5-7,9-10,13,15H,4,8,11-12,14H2,1-3H3,(H2,20,21,22). The Labute approximate surface area is 144 Å². The summed E-state index contributed by atoms with van der Waals surface area (Å²) in [6, 6.07) is 12.5. The lowest BCUT2D eigenvalue weighted by Crippen LogP contribution is -2.37. The topological polar surface area (TPSA) is 62.5 Å². The van der Waals surface area contributed by atoms with E-state index in [1.165, 1.54) is 5.56 Å². The molecule has 1 heterocycles. The largest absolute Gasteiger partial charge is 0.359 e. The molecular weight excluding hydrogens is 300 g/mol. The van der Waals surface area contributed by atoms with Gasteiger partial charge in [0.25, 0.3) is 0 Å². The molecule has 0 atom stereocenters. The first-order chi connectivity index (χ1) is 11.7. The van der Waals surface area contributed by atoms with Crippen molar-refractivity contribution in [1.29, 1.82) is 0 Å². The van der Waals surface area contributed by atoms with Crippen molar-refractivity contribution in [2.24, 2.45) is 4.99 Å². The molecule has 0 amide bonds. The highest BCUT2D eigenvalue weighted by Crippen LogP contribution is 2.14. The Balaban J connectivity index is 1.79. The van der Waals surface area contributed by atoms with Gasteiger partial charge in [0.15, 0.2) is 11.7 Å². The van der Waals surface area contributed by atoms with Crippen LogP contribution in [0.3, 0.4) is 0 Å². The lowest BCUT2D eigenvalue weighted by molar-refractivity contribution is 0.376. The van der Waals surface area contributed by atoms with E-state index in [9.17, 15) is 0 Å². The molecule has 0 spiro atoms. The van der Waals surface area contributed by atoms with E-state index in [0.717, 1.165) is 43.3 Å². The average molecular weight is 328 g/mol. The first-order valence-electron chi connectivity index (χ1n) is 8.70. The average Bonchev–Trinajstić information content (AvgIpc) is 3.06. The fraction of sp³-hybridized carbons (Fsp3) is 0.474. The predicted molar refractivity (Wildman–Crippen MR) is 98.2 cm³/mol. The number of nitrogens with one attached hydrogen (secondary N) is 2. The monoisotopic (exact) mass is 328 g/mol. The van der Waals surface area contributed by atoms with E-state index in [4.69, 9.17) is 4.52 Å². The van der Waals surface area contributed by atoms with Crippen LogP contribution in [0.5, 0.6) is 0 Å². The summed E-state index contributed by atoms with van der Waals surface area (Å²) in [6.07, 6.45) is 2.13. The van der Waals surface area contributed by atoms with Crippen LogP contribution in [-0.2, 0) is 13.0 Å². The molecule has 2 N–H and O–H groups in total. The second kappa shape index (κ2) is 9.75. The fourth-order valence-corrected chi connectivity index (χ4v) is 2.32. The van der Waals surface area contributed by atoms with Gasteiger partial charge >= 0.3 is 0 Å². The molecule has 5 nitrogen and oxygen atoms in total. The minimum Gasteiger partial charge on any atom is -0.359 e. The number of hydrogen-bond donors (Lipinski definition) is 2. The van der Waals surface area contributed by atoms with Gasteiger partial charge in [-0.25, -0.2) is 4.99 Å². The Bertz CT molecular complexity index is 619. The molecule has 0 saturated heterocycles. The molecule has 0 radical (unpaired) electrons. The van der Waals surface area contributed by atoms with Crippen LogP contribution in [0.15, 0.2) is 45.9 Å². The van der Waals surface area contributed by atoms with E-state index in [1.54, 1.807) is 0 Å². The maximum Gasteiger partial charge on any atom is 0.191 e. The Morgan fingerprint density at radius 1 is 1.21 bits per heavy atom. The molecule has 0 aliphatic rings. The molecule has 24 heavy (non-hydrogen) atoms. The minimum absolute atomic E-state index is 0.371. The summed E-state index contributed by atoms with van der Waals surface area (Å²) in [6.45, 7) is 8.47. The highest BCUT2D eigenvalue weighted by molar-refractivity contribution is 5.79. The van der Waals surface area contributed by atoms with Gasteiger partial charge in [-0.2, -0.15) is 0 Å². The van der Waals surface area contributed by atoms with Gasteiger partial charge in [0.2, 0.25) is 0 Å². The summed E-state index contributed by atoms with van der Waals surface area (Å²) in [4.78, 5) is 4.56. The third-order valence-electron chi connectivity index (χ3n) is 3.68. The van der Waals surface area contributed by atoms with Gasteiger partial charge in [-0.15, -0.1) is 0 Å². The van der Waals surface area contributed by atoms with Crippen molar-refractivity contribution in [3.8, 4) is 0 Å². The van der Waals surface area contributed by atoms with Crippen LogP contribution in [0, 0.1) is 0 Å². The summed E-state index contributed by atoms with van der Waals surface area (Å²) < 4.78 is 5.33. The van der Waals surface area contributed by atoms with Crippen molar-refractivity contribution in [3.63, 3.8) is 0 Å². The zero-order chi connectivity index (χ0) is 17.2. The molecule has 130 valence electrons. The van der Waals surface area contributed by atoms with E-state index in [0.29, 0.717) is 12.5 Å². The Morgan fingerprint density at radius 2 is 2.00 bits per heavy atom. The zero-order valence-electron chi connectivity index (χ0n) is 14.9. The van der Waals surface area contributed by atoms with Gasteiger partial charge in [-0.1, -0.05) is 49.3 Å². The SMILES string of the molecule is CCNC(=NCc1cc(C(C)C)no1)NCCCc1ccccc1. The number of aromatic nitrogens is 1. The van der Waals surface area contributed by atoms with Crippen molar-refractivity contribution < 1.29 is 4.52 Å². The number of benzene rings is 1. The molecular formula is C19H28N4O. The zero-order valence-corrected chi connectivity index (χ0v) is 14.9. The van der Waals surface area contributed by atoms with E-state index in [2.05, 4.69) is 65.8 Å². The van der Waals surface area contributed by atoms with Crippen LogP contribution in [-0.4, -0.2) is 24.2 Å². The summed E-state index contributed by atoms with van der Waals surface area (Å²) in [5.41, 5.74) is 2.34. The fourth-order valence-electron chi connectivity index (χ4n) is 2.32. The lowest BCUT2D eigenvalue weighted by atomic mass is 10.1. The Morgan fingerprint density at radius 3 is 2.67 bits per heavy atom. The molecule has 1 aromatic heterocycles. The van der Waals surface area contributed by atoms with Gasteiger partial charge in [0, 0.05) is 19.2 Å². The van der Waals surface area contributed by atoms with Crippen molar-refractivity contribution >= 4 is 5.96 Å². The van der Waals surface area contributed by atoms with Gasteiger partial charge in [-0.05, 0) is 31.2 Å². The number of aryl methyl sites for hydroxylation is 1. The maximum absolute atomic E-state index is 5.33. The summed E-state index contributed by atoms with van der Waals surface area (Å²) in [5, 5.41) is 10.7. The van der Waals surface area contributed by atoms with E-state index < -0.39 is 0 Å². The molecule has 0 aliphatic carbocycles. The minimum atomic E-state index is 0.371. The summed E-state index contributed by atoms with van der Waals surface area (Å²) >= 11 is 0. The van der Waals surface area contributed by atoms with E-state index in [1.807, 2.05) is 12.1 Å². The molecule has 2 rings (SSSR count). The van der Waals surface area contributed by atoms with Crippen molar-refractivity contribution in [3.05, 3.63) is 53.4 Å². The van der Waals surface area contributed by atoms with Gasteiger partial charge in [0.05, 0.1) is 5.69 Å². The smallest absolute Gasteiger partial charge is 0.191 e. The molecule has 0 saturated carbocycles. The van der Waals surface area contributed by atoms with Crippen molar-refractivity contribution in [1.82, 2.24) is 15.8 Å². The second-order valence-corrected chi connectivity index (χ2v) is 6.08. The first-order valence-corrected chi connectivity index (χ1v) is 8.70. The van der Waals surface area contributed by atoms with E-state index >= 15 is 0 Å². The van der Waals surface area contributed by atoms with Crippen LogP contribution >= 0.6 is 0 Å². The van der Waals surface area contributed by atoms with Gasteiger partial charge < -0.3 is 15.2 Å². The van der Waals surface area contributed by atoms with Crippen LogP contribution in [0.25, 0.3) is 0 Å². The molecule has 0 fully saturated rings. The molecule has 0 aliphatic heterocycles. The molecule has 5 heteroatoms. The number of nitrogens with zero attached hydrogens (tertiary/aromatic N) is 2. The molecule has 1 aromatic carbocycles. The molecule has 0 bridgehead atoms. The summed E-state index contributed by atoms with van der Waals surface area (Å²) in [7, 11) is 0. The summed E-state index contributed by atoms with van der Waals surface area (Å²) in [5.74, 6) is 1.98. The third-order valence-corrected chi connectivity index (χ3v) is 3.68. The number of rotatable bonds is 8. The van der Waals surface area contributed by atoms with Crippen molar-refractivity contribution in [2.75, 3.05) is 13.1 Å². The predicted octanol–water partition coefficient (Wildman–Crippen LogP) is 3.49. The number of hydrogen-bond acceptors (Lipinski definition) is 3. The number of guanidine groups is 1. The van der Waals surface area contributed by atoms with Crippen LogP contribution in [0.4, 0.5) is 0 Å². The molecule has 2 aromatic rings. The maximum atomic E-state index is 5.33. The van der Waals surface area contributed by atoms with Crippen molar-refractivity contribution in [2.45, 2.75) is 46.1 Å². The van der Waals surface area contributed by atoms with Gasteiger partial charge in [-0.3, -0.25) is 0 Å².